The summed E-state index contributed by atoms with van der Waals surface area (Å²) < 4.78 is 43.8. The normalized spacial score (nSPS) is 22.2. The number of aromatic hydroxyl groups is 1. The summed E-state index contributed by atoms with van der Waals surface area (Å²) in [4.78, 5) is 12.3. The molecular formula is C22H22ClF3N4O3. The van der Waals surface area contributed by atoms with Crippen molar-refractivity contribution in [1.29, 1.82) is 0 Å². The highest BCUT2D eigenvalue weighted by atomic mass is 35.5. The van der Waals surface area contributed by atoms with E-state index in [2.05, 4.69) is 16.0 Å². The number of aryl methyl sites for hydroxylation is 1. The lowest BCUT2D eigenvalue weighted by molar-refractivity contribution is -0.281. The van der Waals surface area contributed by atoms with E-state index in [9.17, 15) is 28.2 Å². The summed E-state index contributed by atoms with van der Waals surface area (Å²) in [6.07, 6.45) is -4.30. The molecule has 0 fully saturated rings. The van der Waals surface area contributed by atoms with Crippen LogP contribution in [-0.4, -0.2) is 31.8 Å². The van der Waals surface area contributed by atoms with Crippen molar-refractivity contribution in [1.82, 2.24) is 15.2 Å². The first-order chi connectivity index (χ1) is 15.3. The van der Waals surface area contributed by atoms with Crippen LogP contribution >= 0.6 is 11.6 Å². The van der Waals surface area contributed by atoms with Crippen molar-refractivity contribution in [2.45, 2.75) is 43.5 Å². The molecule has 0 bridgehead atoms. The Kier molecular flexibility index (Phi) is 5.38. The van der Waals surface area contributed by atoms with Gasteiger partial charge >= 0.3 is 6.18 Å². The van der Waals surface area contributed by atoms with Gasteiger partial charge in [-0.2, -0.15) is 18.3 Å². The number of hydrazine groups is 1. The Bertz CT molecular complexity index is 1310. The van der Waals surface area contributed by atoms with E-state index in [1.807, 2.05) is 0 Å². The third-order valence-corrected chi connectivity index (χ3v) is 6.48. The van der Waals surface area contributed by atoms with E-state index in [1.54, 1.807) is 18.2 Å². The van der Waals surface area contributed by atoms with Crippen LogP contribution in [0.3, 0.4) is 0 Å². The summed E-state index contributed by atoms with van der Waals surface area (Å²) in [6.45, 7) is 3.02. The number of alkyl halides is 3. The lowest BCUT2D eigenvalue weighted by atomic mass is 9.63. The first-order valence-corrected chi connectivity index (χ1v) is 10.4. The van der Waals surface area contributed by atoms with Gasteiger partial charge in [-0.15, -0.1) is 0 Å². The van der Waals surface area contributed by atoms with Gasteiger partial charge in [0.25, 0.3) is 5.56 Å². The highest BCUT2D eigenvalue weighted by Crippen LogP contribution is 2.56. The molecule has 3 aromatic rings. The first kappa shape index (κ1) is 23.3. The molecule has 0 radical (unpaired) electrons. The molecule has 0 saturated heterocycles. The maximum absolute atomic E-state index is 14.2. The number of aliphatic hydroxyl groups is 1. The van der Waals surface area contributed by atoms with Gasteiger partial charge in [-0.25, -0.2) is 10.1 Å². The molecule has 33 heavy (non-hydrogen) atoms. The minimum absolute atomic E-state index is 0.00181. The summed E-state index contributed by atoms with van der Waals surface area (Å²) in [5, 5.41) is 26.2. The van der Waals surface area contributed by atoms with Gasteiger partial charge in [-0.1, -0.05) is 37.6 Å². The van der Waals surface area contributed by atoms with Crippen molar-refractivity contribution in [3.8, 4) is 5.75 Å². The maximum atomic E-state index is 14.2. The van der Waals surface area contributed by atoms with Gasteiger partial charge in [0.05, 0.1) is 28.3 Å². The second-order valence-corrected chi connectivity index (χ2v) is 9.29. The van der Waals surface area contributed by atoms with E-state index in [0.717, 1.165) is 4.68 Å². The van der Waals surface area contributed by atoms with Gasteiger partial charge in [-0.3, -0.25) is 4.79 Å². The molecule has 1 heterocycles. The smallest absolute Gasteiger partial charge is 0.419 e. The van der Waals surface area contributed by atoms with E-state index in [0.29, 0.717) is 16.5 Å². The number of benzene rings is 2. The van der Waals surface area contributed by atoms with Crippen molar-refractivity contribution in [3.63, 3.8) is 0 Å². The molecule has 1 aromatic heterocycles. The predicted octanol–water partition coefficient (Wildman–Crippen LogP) is 3.93. The lowest BCUT2D eigenvalue weighted by Gasteiger charge is -2.48. The molecule has 7 nitrogen and oxygen atoms in total. The van der Waals surface area contributed by atoms with E-state index in [4.69, 9.17) is 11.6 Å². The van der Waals surface area contributed by atoms with Gasteiger partial charge in [0, 0.05) is 18.0 Å². The van der Waals surface area contributed by atoms with Crippen LogP contribution in [0.4, 0.5) is 18.9 Å². The second kappa shape index (κ2) is 7.61. The Balaban J connectivity index is 1.83. The topological polar surface area (TPSA) is 99.4 Å². The molecule has 1 aliphatic carbocycles. The fraction of sp³-hybridized carbons (Fsp3) is 0.364. The minimum Gasteiger partial charge on any atom is -0.506 e. The number of halogens is 4. The Morgan fingerprint density at radius 1 is 1.21 bits per heavy atom. The zero-order valence-electron chi connectivity index (χ0n) is 18.0. The van der Waals surface area contributed by atoms with Crippen LogP contribution in [0.25, 0.3) is 10.8 Å². The number of nitrogens with zero attached hydrogens (tertiary/aromatic N) is 2. The summed E-state index contributed by atoms with van der Waals surface area (Å²) in [7, 11) is 1.49. The van der Waals surface area contributed by atoms with Crippen molar-refractivity contribution in [2.75, 3.05) is 5.43 Å². The number of anilines is 1. The molecule has 2 aromatic carbocycles. The maximum Gasteiger partial charge on any atom is 0.419 e. The summed E-state index contributed by atoms with van der Waals surface area (Å²) >= 11 is 6.04. The molecule has 1 aliphatic rings. The number of rotatable bonds is 3. The zero-order valence-corrected chi connectivity index (χ0v) is 18.7. The average molecular weight is 483 g/mol. The highest BCUT2D eigenvalue weighted by molar-refractivity contribution is 6.32. The molecule has 0 aliphatic heterocycles. The van der Waals surface area contributed by atoms with Crippen molar-refractivity contribution in [2.24, 2.45) is 7.05 Å². The molecule has 176 valence electrons. The highest BCUT2D eigenvalue weighted by Gasteiger charge is 2.64. The van der Waals surface area contributed by atoms with E-state index in [-0.39, 0.29) is 27.5 Å². The fourth-order valence-electron chi connectivity index (χ4n) is 4.64. The van der Waals surface area contributed by atoms with Crippen molar-refractivity contribution >= 4 is 28.1 Å². The van der Waals surface area contributed by atoms with Gasteiger partial charge in [0.15, 0.2) is 5.60 Å². The third-order valence-electron chi connectivity index (χ3n) is 6.17. The molecule has 0 spiro atoms. The van der Waals surface area contributed by atoms with Crippen LogP contribution in [0.1, 0.15) is 37.4 Å². The number of fused-ring (bicyclic) bond motifs is 2. The molecule has 0 saturated carbocycles. The van der Waals surface area contributed by atoms with Gasteiger partial charge in [0.2, 0.25) is 0 Å². The van der Waals surface area contributed by atoms with Crippen molar-refractivity contribution < 1.29 is 23.4 Å². The predicted molar refractivity (Wildman–Crippen MR) is 118 cm³/mol. The quantitative estimate of drug-likeness (QED) is 0.422. The fourth-order valence-corrected chi connectivity index (χ4v) is 4.79. The van der Waals surface area contributed by atoms with E-state index >= 15 is 0 Å². The molecule has 4 N–H and O–H groups in total. The van der Waals surface area contributed by atoms with Crippen LogP contribution in [0.15, 0.2) is 41.3 Å². The third kappa shape index (κ3) is 3.62. The lowest BCUT2D eigenvalue weighted by Crippen LogP contribution is -2.60. The Hall–Kier alpha value is -2.82. The zero-order chi connectivity index (χ0) is 24.3. The van der Waals surface area contributed by atoms with Crippen LogP contribution in [0.5, 0.6) is 5.75 Å². The van der Waals surface area contributed by atoms with E-state index in [1.165, 1.54) is 39.2 Å². The van der Waals surface area contributed by atoms with E-state index < -0.39 is 29.7 Å². The summed E-state index contributed by atoms with van der Waals surface area (Å²) in [6, 6.07) is 5.67. The number of phenols is 1. The second-order valence-electron chi connectivity index (χ2n) is 8.89. The van der Waals surface area contributed by atoms with Gasteiger partial charge in [0.1, 0.15) is 5.75 Å². The number of hydrogen-bond acceptors (Lipinski definition) is 6. The van der Waals surface area contributed by atoms with Gasteiger partial charge in [-0.05, 0) is 35.6 Å². The number of phenolic OH excluding ortho intramolecular Hbond substituents is 1. The average Bonchev–Trinajstić information content (AvgIpc) is 2.71. The summed E-state index contributed by atoms with van der Waals surface area (Å²) in [5.74, 6) is -0.326. The van der Waals surface area contributed by atoms with Crippen LogP contribution < -0.4 is 16.4 Å². The molecular weight excluding hydrogens is 461 g/mol. The largest absolute Gasteiger partial charge is 0.506 e. The number of hydrogen-bond donors (Lipinski definition) is 4. The Labute approximate surface area is 191 Å². The number of aromatic nitrogens is 2. The molecule has 0 amide bonds. The molecule has 2 unspecified atom stereocenters. The first-order valence-electron chi connectivity index (χ1n) is 10.1. The SMILES string of the molecule is Cn1ncc2c(NNC3c4ccc(Cl)c(O)c4C(C)(C)CC3(O)C(F)(F)F)cccc2c1=O. The molecule has 11 heteroatoms. The van der Waals surface area contributed by atoms with Crippen LogP contribution in [0.2, 0.25) is 5.02 Å². The molecule has 2 atom stereocenters. The Morgan fingerprint density at radius 2 is 1.91 bits per heavy atom. The van der Waals surface area contributed by atoms with Crippen LogP contribution in [0, 0.1) is 0 Å². The molecule has 4 rings (SSSR count). The number of nitrogens with one attached hydrogen (secondary N) is 2. The monoisotopic (exact) mass is 482 g/mol. The summed E-state index contributed by atoms with van der Waals surface area (Å²) in [5.41, 5.74) is 1.11. The van der Waals surface area contributed by atoms with Gasteiger partial charge < -0.3 is 15.6 Å². The minimum atomic E-state index is -4.99. The standard InChI is InChI=1S/C22H22ClF3N4O3/c1-20(2)10-21(33,22(24,25)26)18(12-7-8-14(23)17(31)16(12)20)29-28-15-6-4-5-11-13(15)9-27-30(3)19(11)32/h4-9,18,28-29,31,33H,10H2,1-3H3. The van der Waals surface area contributed by atoms with Crippen molar-refractivity contribution in [3.05, 3.63) is 63.0 Å². The Morgan fingerprint density at radius 3 is 2.58 bits per heavy atom. The van der Waals surface area contributed by atoms with Crippen LogP contribution in [-0.2, 0) is 12.5 Å².